The van der Waals surface area contributed by atoms with Crippen LogP contribution >= 0.6 is 0 Å². The van der Waals surface area contributed by atoms with Gasteiger partial charge in [0.15, 0.2) is 5.82 Å². The molecule has 0 spiro atoms. The molecule has 19 heavy (non-hydrogen) atoms. The Labute approximate surface area is 111 Å². The van der Waals surface area contributed by atoms with Crippen LogP contribution in [0.25, 0.3) is 11.4 Å². The second kappa shape index (κ2) is 4.89. The van der Waals surface area contributed by atoms with E-state index in [0.717, 1.165) is 11.3 Å². The summed E-state index contributed by atoms with van der Waals surface area (Å²) in [7, 11) is 0. The number of nitrogens with two attached hydrogens (primary N) is 1. The third kappa shape index (κ3) is 2.18. The molecule has 0 aliphatic carbocycles. The first kappa shape index (κ1) is 11.4. The molecule has 0 saturated heterocycles. The number of para-hydroxylation sites is 1. The highest BCUT2D eigenvalue weighted by Gasteiger charge is 2.16. The van der Waals surface area contributed by atoms with Crippen molar-refractivity contribution in [2.45, 2.75) is 0 Å². The Hall–Kier alpha value is -2.69. The van der Waals surface area contributed by atoms with Crippen molar-refractivity contribution in [2.24, 2.45) is 10.7 Å². The fraction of sp³-hybridized carbons (Fsp3) is 0.0714. The van der Waals surface area contributed by atoms with E-state index in [1.807, 2.05) is 29.2 Å². The summed E-state index contributed by atoms with van der Waals surface area (Å²) >= 11 is 0. The van der Waals surface area contributed by atoms with Crippen molar-refractivity contribution in [1.29, 1.82) is 0 Å². The van der Waals surface area contributed by atoms with Crippen molar-refractivity contribution >= 4 is 11.9 Å². The van der Waals surface area contributed by atoms with Gasteiger partial charge in [0.2, 0.25) is 0 Å². The van der Waals surface area contributed by atoms with Gasteiger partial charge in [0.05, 0.1) is 5.69 Å². The number of benzene rings is 1. The normalized spacial score (nSPS) is 14.3. The van der Waals surface area contributed by atoms with Gasteiger partial charge in [-0.05, 0) is 24.3 Å². The Morgan fingerprint density at radius 2 is 1.84 bits per heavy atom. The largest absolute Gasteiger partial charge is 0.385 e. The van der Waals surface area contributed by atoms with E-state index in [-0.39, 0.29) is 0 Å². The molecule has 1 aromatic heterocycles. The maximum atomic E-state index is 6.01. The van der Waals surface area contributed by atoms with E-state index in [0.29, 0.717) is 18.3 Å². The van der Waals surface area contributed by atoms with Crippen molar-refractivity contribution in [2.75, 3.05) is 11.6 Å². The molecule has 0 fully saturated rings. The minimum absolute atomic E-state index is 0.506. The number of anilines is 1. The molecule has 2 aromatic rings. The van der Waals surface area contributed by atoms with E-state index in [2.05, 4.69) is 15.0 Å². The molecule has 0 bridgehead atoms. The maximum absolute atomic E-state index is 6.01. The van der Waals surface area contributed by atoms with Crippen LogP contribution in [0, 0.1) is 0 Å². The van der Waals surface area contributed by atoms with Gasteiger partial charge in [-0.3, -0.25) is 4.99 Å². The Bertz CT molecular complexity index is 633. The first-order chi connectivity index (χ1) is 9.36. The zero-order valence-electron chi connectivity index (χ0n) is 10.3. The zero-order chi connectivity index (χ0) is 13.1. The Kier molecular flexibility index (Phi) is 2.94. The molecule has 5 nitrogen and oxygen atoms in total. The molecule has 0 atom stereocenters. The lowest BCUT2D eigenvalue weighted by Crippen LogP contribution is -2.30. The second-order valence-corrected chi connectivity index (χ2v) is 4.08. The lowest BCUT2D eigenvalue weighted by molar-refractivity contribution is 0.902. The van der Waals surface area contributed by atoms with E-state index >= 15 is 0 Å². The molecule has 2 N–H and O–H groups in total. The van der Waals surface area contributed by atoms with E-state index in [9.17, 15) is 0 Å². The quantitative estimate of drug-likeness (QED) is 0.883. The summed E-state index contributed by atoms with van der Waals surface area (Å²) in [6.45, 7) is 0.506. The van der Waals surface area contributed by atoms with Crippen LogP contribution in [0.4, 0.5) is 5.69 Å². The van der Waals surface area contributed by atoms with Crippen molar-refractivity contribution in [3.63, 3.8) is 0 Å². The van der Waals surface area contributed by atoms with Crippen LogP contribution in [0.15, 0.2) is 59.6 Å². The summed E-state index contributed by atoms with van der Waals surface area (Å²) in [6.07, 6.45) is 6.96. The topological polar surface area (TPSA) is 67.4 Å². The molecule has 0 saturated carbocycles. The number of aliphatic imine (C=N–C) groups is 1. The molecule has 1 aromatic carbocycles. The second-order valence-electron chi connectivity index (χ2n) is 4.08. The third-order valence-corrected chi connectivity index (χ3v) is 2.89. The molecule has 0 unspecified atom stereocenters. The molecule has 0 radical (unpaired) electrons. The molecule has 0 amide bonds. The average molecular weight is 251 g/mol. The van der Waals surface area contributed by atoms with E-state index in [1.54, 1.807) is 30.8 Å². The Balaban J connectivity index is 2.08. The van der Waals surface area contributed by atoms with Gasteiger partial charge in [-0.15, -0.1) is 0 Å². The van der Waals surface area contributed by atoms with E-state index in [4.69, 9.17) is 5.73 Å². The number of aromatic nitrogens is 2. The minimum Gasteiger partial charge on any atom is -0.385 e. The SMILES string of the molecule is NC1=CC=NCN1c1ccccc1-c1ncccn1. The minimum atomic E-state index is 0.506. The number of hydrogen-bond acceptors (Lipinski definition) is 5. The fourth-order valence-corrected chi connectivity index (χ4v) is 1.98. The van der Waals surface area contributed by atoms with E-state index < -0.39 is 0 Å². The molecule has 94 valence electrons. The highest BCUT2D eigenvalue weighted by Crippen LogP contribution is 2.29. The van der Waals surface area contributed by atoms with Crippen molar-refractivity contribution in [3.8, 4) is 11.4 Å². The van der Waals surface area contributed by atoms with Crippen LogP contribution < -0.4 is 10.6 Å². The van der Waals surface area contributed by atoms with Gasteiger partial charge in [0.1, 0.15) is 12.5 Å². The molecule has 5 heteroatoms. The van der Waals surface area contributed by atoms with Crippen LogP contribution in [0.3, 0.4) is 0 Å². The smallest absolute Gasteiger partial charge is 0.161 e. The van der Waals surface area contributed by atoms with Gasteiger partial charge in [-0.1, -0.05) is 12.1 Å². The van der Waals surface area contributed by atoms with Gasteiger partial charge in [-0.2, -0.15) is 0 Å². The van der Waals surface area contributed by atoms with E-state index in [1.165, 1.54) is 0 Å². The summed E-state index contributed by atoms with van der Waals surface area (Å²) < 4.78 is 0. The number of rotatable bonds is 2. The maximum Gasteiger partial charge on any atom is 0.161 e. The summed E-state index contributed by atoms with van der Waals surface area (Å²) in [5, 5.41) is 0. The molecular weight excluding hydrogens is 238 g/mol. The van der Waals surface area contributed by atoms with Gasteiger partial charge < -0.3 is 10.6 Å². The van der Waals surface area contributed by atoms with Crippen molar-refractivity contribution < 1.29 is 0 Å². The lowest BCUT2D eigenvalue weighted by atomic mass is 10.1. The van der Waals surface area contributed by atoms with Gasteiger partial charge in [0, 0.05) is 24.2 Å². The standard InChI is InChI=1S/C14H13N5/c15-13-6-9-16-10-19(13)12-5-2-1-4-11(12)14-17-7-3-8-18-14/h1-9H,10,15H2. The van der Waals surface area contributed by atoms with Crippen LogP contribution in [0.1, 0.15) is 0 Å². The molecule has 2 heterocycles. The van der Waals surface area contributed by atoms with Crippen LogP contribution in [0.5, 0.6) is 0 Å². The zero-order valence-corrected chi connectivity index (χ0v) is 10.3. The summed E-state index contributed by atoms with van der Waals surface area (Å²) in [6, 6.07) is 9.70. The number of allylic oxidation sites excluding steroid dienone is 1. The summed E-state index contributed by atoms with van der Waals surface area (Å²) in [4.78, 5) is 14.7. The third-order valence-electron chi connectivity index (χ3n) is 2.89. The first-order valence-electron chi connectivity index (χ1n) is 5.96. The van der Waals surface area contributed by atoms with Crippen LogP contribution in [-0.2, 0) is 0 Å². The van der Waals surface area contributed by atoms with Crippen molar-refractivity contribution in [1.82, 2.24) is 9.97 Å². The summed E-state index contributed by atoms with van der Waals surface area (Å²) in [5.74, 6) is 1.35. The predicted octanol–water partition coefficient (Wildman–Crippen LogP) is 1.79. The van der Waals surface area contributed by atoms with Crippen LogP contribution in [-0.4, -0.2) is 22.9 Å². The monoisotopic (exact) mass is 251 g/mol. The average Bonchev–Trinajstić information content (AvgIpc) is 2.49. The highest BCUT2D eigenvalue weighted by atomic mass is 15.3. The van der Waals surface area contributed by atoms with Crippen molar-refractivity contribution in [3.05, 3.63) is 54.6 Å². The fourth-order valence-electron chi connectivity index (χ4n) is 1.98. The first-order valence-corrected chi connectivity index (χ1v) is 5.96. The lowest BCUT2D eigenvalue weighted by Gasteiger charge is -2.26. The molecule has 3 rings (SSSR count). The molecule has 1 aliphatic rings. The Morgan fingerprint density at radius 1 is 1.05 bits per heavy atom. The number of nitrogens with zero attached hydrogens (tertiary/aromatic N) is 4. The summed E-state index contributed by atoms with van der Waals surface area (Å²) in [5.41, 5.74) is 7.91. The van der Waals surface area contributed by atoms with Crippen LogP contribution in [0.2, 0.25) is 0 Å². The van der Waals surface area contributed by atoms with Gasteiger partial charge in [0.25, 0.3) is 0 Å². The molecular formula is C14H13N5. The Morgan fingerprint density at radius 3 is 2.63 bits per heavy atom. The highest BCUT2D eigenvalue weighted by molar-refractivity contribution is 5.80. The van der Waals surface area contributed by atoms with Gasteiger partial charge in [-0.25, -0.2) is 9.97 Å². The molecule has 1 aliphatic heterocycles. The predicted molar refractivity (Wildman–Crippen MR) is 75.6 cm³/mol. The number of hydrogen-bond donors (Lipinski definition) is 1. The van der Waals surface area contributed by atoms with Gasteiger partial charge >= 0.3 is 0 Å².